The van der Waals surface area contributed by atoms with Crippen molar-refractivity contribution in [2.45, 2.75) is 19.0 Å². The zero-order chi connectivity index (χ0) is 14.5. The Bertz CT molecular complexity index is 562. The summed E-state index contributed by atoms with van der Waals surface area (Å²) in [5.74, 6) is 0.583. The molecule has 0 bridgehead atoms. The highest BCUT2D eigenvalue weighted by atomic mass is 79.9. The molecule has 1 aromatic carbocycles. The van der Waals surface area contributed by atoms with Gasteiger partial charge in [-0.25, -0.2) is 0 Å². The lowest BCUT2D eigenvalue weighted by atomic mass is 9.95. The summed E-state index contributed by atoms with van der Waals surface area (Å²) in [5, 5.41) is 7.92. The maximum absolute atomic E-state index is 12.1. The van der Waals surface area contributed by atoms with E-state index >= 15 is 0 Å². The molecule has 0 aliphatic rings. The molecule has 1 unspecified atom stereocenters. The van der Waals surface area contributed by atoms with Crippen LogP contribution in [0.25, 0.3) is 0 Å². The predicted molar refractivity (Wildman–Crippen MR) is 73.6 cm³/mol. The summed E-state index contributed by atoms with van der Waals surface area (Å²) in [5.41, 5.74) is 0.980. The highest BCUT2D eigenvalue weighted by Crippen LogP contribution is 2.28. The summed E-state index contributed by atoms with van der Waals surface area (Å²) in [6, 6.07) is 7.69. The second-order valence-corrected chi connectivity index (χ2v) is 5.24. The molecule has 2 aromatic rings. The summed E-state index contributed by atoms with van der Waals surface area (Å²) < 4.78 is 31.3. The average molecular weight is 346 g/mol. The van der Waals surface area contributed by atoms with Crippen LogP contribution >= 0.6 is 15.9 Å². The van der Waals surface area contributed by atoms with Gasteiger partial charge in [-0.2, -0.15) is 8.78 Å². The van der Waals surface area contributed by atoms with Crippen LogP contribution < -0.4 is 0 Å². The minimum absolute atomic E-state index is 0.0400. The lowest BCUT2D eigenvalue weighted by Gasteiger charge is -2.17. The highest BCUT2D eigenvalue weighted by Gasteiger charge is 2.20. The Balaban J connectivity index is 2.22. The van der Waals surface area contributed by atoms with Gasteiger partial charge < -0.3 is 9.30 Å². The third kappa shape index (κ3) is 3.83. The van der Waals surface area contributed by atoms with E-state index in [1.807, 2.05) is 31.3 Å². The van der Waals surface area contributed by atoms with E-state index in [1.165, 1.54) is 0 Å². The molecule has 0 aliphatic carbocycles. The van der Waals surface area contributed by atoms with Crippen molar-refractivity contribution in [3.63, 3.8) is 0 Å². The summed E-state index contributed by atoms with van der Waals surface area (Å²) in [7, 11) is 1.83. The topological polar surface area (TPSA) is 39.9 Å². The minimum atomic E-state index is -2.75. The van der Waals surface area contributed by atoms with Gasteiger partial charge in [-0.3, -0.25) is 0 Å². The molecule has 0 N–H and O–H groups in total. The SMILES string of the molecule is Cn1cnnc1C(CCOC(F)F)c1cccc(Br)c1. The number of hydrogen-bond donors (Lipinski definition) is 0. The van der Waals surface area contributed by atoms with Gasteiger partial charge in [0.25, 0.3) is 0 Å². The third-order valence-corrected chi connectivity index (χ3v) is 3.45. The fraction of sp³-hybridized carbons (Fsp3) is 0.385. The van der Waals surface area contributed by atoms with E-state index in [0.29, 0.717) is 6.42 Å². The van der Waals surface area contributed by atoms with Crippen LogP contribution in [0.5, 0.6) is 0 Å². The molecule has 1 aromatic heterocycles. The van der Waals surface area contributed by atoms with E-state index in [0.717, 1.165) is 15.9 Å². The molecule has 4 nitrogen and oxygen atoms in total. The van der Waals surface area contributed by atoms with Crippen molar-refractivity contribution >= 4 is 15.9 Å². The first-order valence-corrected chi connectivity index (χ1v) is 6.86. The van der Waals surface area contributed by atoms with Gasteiger partial charge in [0.15, 0.2) is 0 Å². The maximum atomic E-state index is 12.1. The first-order valence-electron chi connectivity index (χ1n) is 6.07. The second kappa shape index (κ2) is 6.90. The second-order valence-electron chi connectivity index (χ2n) is 4.33. The smallest absolute Gasteiger partial charge is 0.323 e. The molecule has 20 heavy (non-hydrogen) atoms. The summed E-state index contributed by atoms with van der Waals surface area (Å²) in [4.78, 5) is 0. The molecular weight excluding hydrogens is 332 g/mol. The highest BCUT2D eigenvalue weighted by molar-refractivity contribution is 9.10. The van der Waals surface area contributed by atoms with Gasteiger partial charge >= 0.3 is 6.61 Å². The van der Waals surface area contributed by atoms with Gasteiger partial charge in [-0.1, -0.05) is 28.1 Å². The Hall–Kier alpha value is -1.34. The van der Waals surface area contributed by atoms with Crippen molar-refractivity contribution in [2.24, 2.45) is 7.05 Å². The van der Waals surface area contributed by atoms with Crippen molar-refractivity contribution in [2.75, 3.05) is 6.61 Å². The first-order chi connectivity index (χ1) is 9.58. The summed E-state index contributed by atoms with van der Waals surface area (Å²) >= 11 is 3.41. The fourth-order valence-electron chi connectivity index (χ4n) is 2.05. The number of aromatic nitrogens is 3. The summed E-state index contributed by atoms with van der Waals surface area (Å²) in [6.45, 7) is -2.79. The third-order valence-electron chi connectivity index (χ3n) is 2.96. The van der Waals surface area contributed by atoms with Crippen LogP contribution in [0.2, 0.25) is 0 Å². The maximum Gasteiger partial charge on any atom is 0.345 e. The number of ether oxygens (including phenoxy) is 1. The zero-order valence-electron chi connectivity index (χ0n) is 10.8. The molecule has 0 saturated heterocycles. The number of rotatable bonds is 6. The van der Waals surface area contributed by atoms with Crippen LogP contribution in [0, 0.1) is 0 Å². The number of aryl methyl sites for hydroxylation is 1. The van der Waals surface area contributed by atoms with Crippen molar-refractivity contribution in [1.82, 2.24) is 14.8 Å². The lowest BCUT2D eigenvalue weighted by molar-refractivity contribution is -0.129. The van der Waals surface area contributed by atoms with Gasteiger partial charge in [-0.15, -0.1) is 10.2 Å². The minimum Gasteiger partial charge on any atom is -0.323 e. The predicted octanol–water partition coefficient (Wildman–Crippen LogP) is 3.34. The molecule has 7 heteroatoms. The van der Waals surface area contributed by atoms with Crippen LogP contribution in [0.15, 0.2) is 35.1 Å². The van der Waals surface area contributed by atoms with E-state index in [4.69, 9.17) is 0 Å². The number of hydrogen-bond acceptors (Lipinski definition) is 3. The number of nitrogens with zero attached hydrogens (tertiary/aromatic N) is 3. The molecule has 0 fully saturated rings. The fourth-order valence-corrected chi connectivity index (χ4v) is 2.47. The molecule has 108 valence electrons. The Kier molecular flexibility index (Phi) is 5.19. The standard InChI is InChI=1S/C13H14BrF2N3O/c1-19-8-17-18-12(19)11(5-6-20-13(15)16)9-3-2-4-10(14)7-9/h2-4,7-8,11,13H,5-6H2,1H3. The van der Waals surface area contributed by atoms with Crippen LogP contribution in [0.1, 0.15) is 23.7 Å². The van der Waals surface area contributed by atoms with Crippen LogP contribution in [0.4, 0.5) is 8.78 Å². The van der Waals surface area contributed by atoms with Gasteiger partial charge in [0.2, 0.25) is 0 Å². The van der Waals surface area contributed by atoms with Crippen molar-refractivity contribution in [3.05, 3.63) is 46.5 Å². The molecular formula is C13H14BrF2N3O. The first kappa shape index (κ1) is 15.1. The van der Waals surface area contributed by atoms with E-state index in [1.54, 1.807) is 10.9 Å². The van der Waals surface area contributed by atoms with Crippen molar-refractivity contribution in [3.8, 4) is 0 Å². The van der Waals surface area contributed by atoms with Gasteiger partial charge in [0.1, 0.15) is 12.2 Å². The number of halogens is 3. The van der Waals surface area contributed by atoms with Gasteiger partial charge in [0, 0.05) is 17.4 Å². The lowest BCUT2D eigenvalue weighted by Crippen LogP contribution is -2.12. The Morgan fingerprint density at radius 2 is 2.20 bits per heavy atom. The Labute approximate surface area is 123 Å². The quantitative estimate of drug-likeness (QED) is 0.806. The Morgan fingerprint density at radius 3 is 2.80 bits per heavy atom. The molecule has 0 aliphatic heterocycles. The van der Waals surface area contributed by atoms with Crippen molar-refractivity contribution in [1.29, 1.82) is 0 Å². The number of benzene rings is 1. The van der Waals surface area contributed by atoms with Crippen molar-refractivity contribution < 1.29 is 13.5 Å². The van der Waals surface area contributed by atoms with E-state index < -0.39 is 6.61 Å². The number of alkyl halides is 2. The van der Waals surface area contributed by atoms with Crippen LogP contribution in [-0.4, -0.2) is 28.0 Å². The molecule has 1 atom stereocenters. The largest absolute Gasteiger partial charge is 0.345 e. The summed E-state index contributed by atoms with van der Waals surface area (Å²) in [6.07, 6.45) is 2.00. The molecule has 0 spiro atoms. The molecule has 0 saturated carbocycles. The van der Waals surface area contributed by atoms with Crippen LogP contribution in [-0.2, 0) is 11.8 Å². The van der Waals surface area contributed by atoms with E-state index in [-0.39, 0.29) is 12.5 Å². The van der Waals surface area contributed by atoms with E-state index in [9.17, 15) is 8.78 Å². The Morgan fingerprint density at radius 1 is 1.40 bits per heavy atom. The monoisotopic (exact) mass is 345 g/mol. The molecule has 1 heterocycles. The normalized spacial score (nSPS) is 12.8. The van der Waals surface area contributed by atoms with Crippen LogP contribution in [0.3, 0.4) is 0 Å². The molecule has 0 radical (unpaired) electrons. The average Bonchev–Trinajstić information content (AvgIpc) is 2.80. The zero-order valence-corrected chi connectivity index (χ0v) is 12.4. The molecule has 0 amide bonds. The molecule has 2 rings (SSSR count). The van der Waals surface area contributed by atoms with Gasteiger partial charge in [-0.05, 0) is 24.1 Å². The van der Waals surface area contributed by atoms with E-state index in [2.05, 4.69) is 30.9 Å². The van der Waals surface area contributed by atoms with Gasteiger partial charge in [0.05, 0.1) is 6.61 Å².